The van der Waals surface area contributed by atoms with Crippen molar-refractivity contribution >= 4 is 23.1 Å². The van der Waals surface area contributed by atoms with Gasteiger partial charge in [-0.3, -0.25) is 14.2 Å². The Balaban J connectivity index is 2.03. The minimum absolute atomic E-state index is 0.0439. The van der Waals surface area contributed by atoms with Gasteiger partial charge in [-0.2, -0.15) is 0 Å². The molecule has 1 unspecified atom stereocenters. The van der Waals surface area contributed by atoms with E-state index in [2.05, 4.69) is 9.72 Å². The van der Waals surface area contributed by atoms with Gasteiger partial charge in [0.1, 0.15) is 28.5 Å². The number of primary amides is 1. The van der Waals surface area contributed by atoms with Gasteiger partial charge in [-0.15, -0.1) is 24.8 Å². The number of hydrogen-bond acceptors (Lipinski definition) is 5. The van der Waals surface area contributed by atoms with Crippen LogP contribution < -0.4 is 20.8 Å². The van der Waals surface area contributed by atoms with Crippen molar-refractivity contribution in [2.24, 2.45) is 5.73 Å². The number of nitrogens with two attached hydrogens (primary N) is 1. The fourth-order valence-electron chi connectivity index (χ4n) is 4.70. The van der Waals surface area contributed by atoms with Crippen LogP contribution in [-0.4, -0.2) is 37.9 Å². The molecule has 1 amide bonds. The summed E-state index contributed by atoms with van der Waals surface area (Å²) in [5.41, 5.74) is 4.30. The number of hydrogen-bond donors (Lipinski definition) is 1. The number of carbonyl (C=O) groups excluding carboxylic acids is 1. The first-order chi connectivity index (χ1) is 17.6. The van der Waals surface area contributed by atoms with Crippen LogP contribution in [0.4, 0.5) is 13.2 Å². The Morgan fingerprint density at radius 1 is 1.24 bits per heavy atom. The van der Waals surface area contributed by atoms with E-state index in [-0.39, 0.29) is 35.0 Å². The highest BCUT2D eigenvalue weighted by atomic mass is 35.5. The molecule has 3 aromatic rings. The lowest BCUT2D eigenvalue weighted by Crippen LogP contribution is -2.46. The molecule has 8 nitrogen and oxygen atoms in total. The second-order valence-corrected chi connectivity index (χ2v) is 10.1. The molecule has 0 aliphatic carbocycles. The van der Waals surface area contributed by atoms with Crippen LogP contribution in [0.5, 0.6) is 11.5 Å². The number of carbonyl (C=O) groups is 1. The van der Waals surface area contributed by atoms with Crippen LogP contribution in [0.2, 0.25) is 0 Å². The Labute approximate surface area is 221 Å². The van der Waals surface area contributed by atoms with Crippen molar-refractivity contribution in [1.82, 2.24) is 14.1 Å². The van der Waals surface area contributed by atoms with Gasteiger partial charge in [0, 0.05) is 17.6 Å². The van der Waals surface area contributed by atoms with Crippen molar-refractivity contribution < 1.29 is 27.4 Å². The summed E-state index contributed by atoms with van der Waals surface area (Å²) in [6, 6.07) is 6.60. The van der Waals surface area contributed by atoms with Gasteiger partial charge < -0.3 is 19.8 Å². The minimum atomic E-state index is -4.92. The molecule has 1 atom stereocenters. The van der Waals surface area contributed by atoms with Crippen molar-refractivity contribution in [3.63, 3.8) is 0 Å². The van der Waals surface area contributed by atoms with E-state index in [1.165, 1.54) is 39.7 Å². The third-order valence-corrected chi connectivity index (χ3v) is 6.49. The molecular formula is C26H26ClF3N4O4. The van der Waals surface area contributed by atoms with E-state index in [9.17, 15) is 22.8 Å². The molecule has 2 N–H and O–H groups in total. The third-order valence-electron chi connectivity index (χ3n) is 6.30. The molecule has 1 aromatic carbocycles. The number of halogens is 4. The number of allylic oxidation sites excluding steroid dienone is 1. The normalized spacial score (nSPS) is 16.2. The number of imidazole rings is 1. The molecule has 0 saturated carbocycles. The quantitative estimate of drug-likeness (QED) is 0.420. The molecular weight excluding hydrogens is 525 g/mol. The number of benzene rings is 1. The number of amides is 1. The highest BCUT2D eigenvalue weighted by molar-refractivity contribution is 6.18. The van der Waals surface area contributed by atoms with Crippen molar-refractivity contribution in [3.05, 3.63) is 76.2 Å². The van der Waals surface area contributed by atoms with E-state index in [1.54, 1.807) is 40.0 Å². The first-order valence-electron chi connectivity index (χ1n) is 11.6. The standard InChI is InChI=1S/C26H26ClF3N4O4/c1-15-13-33(14-32-15)20-7-6-19(22(31)35)34(23(20)36)25(4,9-10-27)18-12-24(2,3)38-21-8-5-16(11-17(18)21)37-26(28,29)30/h5-8,11-14H,9-10H2,1-4H3,(H2,31,35). The van der Waals surface area contributed by atoms with Crippen molar-refractivity contribution in [1.29, 1.82) is 0 Å². The first kappa shape index (κ1) is 27.3. The van der Waals surface area contributed by atoms with Gasteiger partial charge in [0.15, 0.2) is 0 Å². The van der Waals surface area contributed by atoms with Crippen LogP contribution in [-0.2, 0) is 5.54 Å². The van der Waals surface area contributed by atoms with Crippen LogP contribution in [0.25, 0.3) is 11.3 Å². The second kappa shape index (κ2) is 9.54. The van der Waals surface area contributed by atoms with Gasteiger partial charge in [0.2, 0.25) is 0 Å². The molecule has 38 heavy (non-hydrogen) atoms. The van der Waals surface area contributed by atoms with E-state index < -0.39 is 34.7 Å². The Morgan fingerprint density at radius 2 is 1.95 bits per heavy atom. The summed E-state index contributed by atoms with van der Waals surface area (Å²) in [4.78, 5) is 30.8. The maximum atomic E-state index is 14.0. The maximum absolute atomic E-state index is 14.0. The molecule has 0 radical (unpaired) electrons. The molecule has 4 rings (SSSR count). The number of alkyl halides is 4. The summed E-state index contributed by atoms with van der Waals surface area (Å²) in [5.74, 6) is -1.01. The molecule has 1 aliphatic rings. The number of pyridine rings is 1. The van der Waals surface area contributed by atoms with Gasteiger partial charge in [-0.05, 0) is 76.1 Å². The predicted molar refractivity (Wildman–Crippen MR) is 136 cm³/mol. The summed E-state index contributed by atoms with van der Waals surface area (Å²) in [7, 11) is 0. The highest BCUT2D eigenvalue weighted by Gasteiger charge is 2.41. The van der Waals surface area contributed by atoms with Crippen molar-refractivity contribution in [2.45, 2.75) is 51.6 Å². The zero-order valence-electron chi connectivity index (χ0n) is 21.1. The van der Waals surface area contributed by atoms with E-state index >= 15 is 0 Å². The van der Waals surface area contributed by atoms with Gasteiger partial charge in [-0.1, -0.05) is 0 Å². The Morgan fingerprint density at radius 3 is 2.53 bits per heavy atom. The monoisotopic (exact) mass is 550 g/mol. The zero-order chi connectivity index (χ0) is 28.0. The number of aromatic nitrogens is 3. The molecule has 12 heteroatoms. The maximum Gasteiger partial charge on any atom is 0.573 e. The summed E-state index contributed by atoms with van der Waals surface area (Å²) in [5, 5.41) is 0. The summed E-state index contributed by atoms with van der Waals surface area (Å²) in [6.45, 7) is 6.97. The Kier molecular flexibility index (Phi) is 6.85. The molecule has 2 aromatic heterocycles. The predicted octanol–water partition coefficient (Wildman–Crippen LogP) is 4.94. The molecule has 0 spiro atoms. The average molecular weight is 551 g/mol. The summed E-state index contributed by atoms with van der Waals surface area (Å²) < 4.78 is 52.0. The van der Waals surface area contributed by atoms with Crippen LogP contribution in [0.15, 0.2) is 53.7 Å². The van der Waals surface area contributed by atoms with Crippen molar-refractivity contribution in [3.8, 4) is 17.2 Å². The smallest absolute Gasteiger partial charge is 0.483 e. The molecule has 3 heterocycles. The average Bonchev–Trinajstić information content (AvgIpc) is 3.23. The SMILES string of the molecule is Cc1cn(-c2ccc(C(N)=O)n(C(C)(CCCl)C3=CC(C)(C)Oc4ccc(OC(F)(F)F)cc43)c2=O)cn1. The lowest BCUT2D eigenvalue weighted by molar-refractivity contribution is -0.274. The molecule has 0 fully saturated rings. The lowest BCUT2D eigenvalue weighted by Gasteiger charge is -2.41. The van der Waals surface area contributed by atoms with E-state index in [0.29, 0.717) is 11.3 Å². The number of nitrogens with zero attached hydrogens (tertiary/aromatic N) is 3. The minimum Gasteiger partial charge on any atom is -0.483 e. The number of rotatable bonds is 7. The van der Waals surface area contributed by atoms with E-state index in [0.717, 1.165) is 6.07 Å². The van der Waals surface area contributed by atoms with E-state index in [1.807, 2.05) is 0 Å². The number of ether oxygens (including phenoxy) is 2. The van der Waals surface area contributed by atoms with Crippen molar-refractivity contribution in [2.75, 3.05) is 5.88 Å². The largest absolute Gasteiger partial charge is 0.573 e. The fourth-order valence-corrected chi connectivity index (χ4v) is 5.07. The zero-order valence-corrected chi connectivity index (χ0v) is 21.9. The number of aryl methyl sites for hydroxylation is 1. The number of fused-ring (bicyclic) bond motifs is 1. The van der Waals surface area contributed by atoms with Crippen LogP contribution in [0.3, 0.4) is 0 Å². The van der Waals surface area contributed by atoms with Gasteiger partial charge in [-0.25, -0.2) is 4.98 Å². The Hall–Kier alpha value is -3.73. The third kappa shape index (κ3) is 5.15. The highest BCUT2D eigenvalue weighted by Crippen LogP contribution is 2.47. The van der Waals surface area contributed by atoms with Crippen LogP contribution >= 0.6 is 11.6 Å². The fraction of sp³-hybridized carbons (Fsp3) is 0.346. The molecule has 0 bridgehead atoms. The second-order valence-electron chi connectivity index (χ2n) is 9.71. The van der Waals surface area contributed by atoms with Crippen LogP contribution in [0.1, 0.15) is 48.9 Å². The molecule has 1 aliphatic heterocycles. The van der Waals surface area contributed by atoms with Gasteiger partial charge >= 0.3 is 6.36 Å². The first-order valence-corrected chi connectivity index (χ1v) is 12.1. The lowest BCUT2D eigenvalue weighted by atomic mass is 9.79. The summed E-state index contributed by atoms with van der Waals surface area (Å²) >= 11 is 6.24. The topological polar surface area (TPSA) is 101 Å². The van der Waals surface area contributed by atoms with Crippen LogP contribution in [0, 0.1) is 6.92 Å². The molecule has 0 saturated heterocycles. The summed E-state index contributed by atoms with van der Waals surface area (Å²) in [6.07, 6.45) is 0.0138. The molecule has 202 valence electrons. The van der Waals surface area contributed by atoms with Gasteiger partial charge in [0.05, 0.1) is 17.6 Å². The van der Waals surface area contributed by atoms with E-state index in [4.69, 9.17) is 22.1 Å². The van der Waals surface area contributed by atoms with Gasteiger partial charge in [0.25, 0.3) is 11.5 Å². The Bertz CT molecular complexity index is 1490.